The van der Waals surface area contributed by atoms with Crippen molar-refractivity contribution >= 4 is 34.8 Å². The molecule has 0 bridgehead atoms. The van der Waals surface area contributed by atoms with Crippen LogP contribution in [0.1, 0.15) is 18.3 Å². The maximum Gasteiger partial charge on any atom is 0.277 e. The maximum atomic E-state index is 5.80. The van der Waals surface area contributed by atoms with Crippen molar-refractivity contribution in [3.8, 4) is 0 Å². The highest BCUT2D eigenvalue weighted by atomic mass is 35.6. The highest BCUT2D eigenvalue weighted by molar-refractivity contribution is 6.66. The second kappa shape index (κ2) is 3.68. The lowest BCUT2D eigenvalue weighted by molar-refractivity contribution is -0.758. The van der Waals surface area contributed by atoms with Crippen LogP contribution in [0.25, 0.3) is 0 Å². The molecule has 0 N–H and O–H groups in total. The van der Waals surface area contributed by atoms with Crippen LogP contribution in [0.5, 0.6) is 0 Å². The molecule has 0 amide bonds. The first-order valence-corrected chi connectivity index (χ1v) is 5.13. The summed E-state index contributed by atoms with van der Waals surface area (Å²) in [5.41, 5.74) is 1.83. The van der Waals surface area contributed by atoms with E-state index in [2.05, 4.69) is 6.92 Å². The maximum absolute atomic E-state index is 5.80. The third-order valence-electron chi connectivity index (χ3n) is 2.17. The molecule has 0 aliphatic heterocycles. The predicted molar refractivity (Wildman–Crippen MR) is 55.2 cm³/mol. The number of rotatable bonds is 1. The van der Waals surface area contributed by atoms with Gasteiger partial charge in [0.25, 0.3) is 9.49 Å². The van der Waals surface area contributed by atoms with Crippen molar-refractivity contribution in [3.05, 3.63) is 17.5 Å². The zero-order valence-corrected chi connectivity index (χ0v) is 10.1. The Labute approximate surface area is 93.0 Å². The number of alkyl halides is 3. The number of hydrogen-bond acceptors (Lipinski definition) is 0. The Balaban J connectivity index is 3.25. The first-order valence-electron chi connectivity index (χ1n) is 4.00. The van der Waals surface area contributed by atoms with E-state index in [-0.39, 0.29) is 0 Å². The van der Waals surface area contributed by atoms with Gasteiger partial charge in [0.1, 0.15) is 0 Å². The lowest BCUT2D eigenvalue weighted by Crippen LogP contribution is -2.43. The molecular weight excluding hydrogens is 230 g/mol. The third-order valence-corrected chi connectivity index (χ3v) is 2.75. The summed E-state index contributed by atoms with van der Waals surface area (Å²) in [4.78, 5) is 0. The molecule has 0 saturated carbocycles. The third kappa shape index (κ3) is 2.12. The molecule has 1 rings (SSSR count). The van der Waals surface area contributed by atoms with Crippen LogP contribution in [0.2, 0.25) is 0 Å². The quantitative estimate of drug-likeness (QED) is 0.528. The molecule has 74 valence electrons. The van der Waals surface area contributed by atoms with Crippen LogP contribution in [0.3, 0.4) is 0 Å². The summed E-state index contributed by atoms with van der Waals surface area (Å²) < 4.78 is 2.46. The van der Waals surface area contributed by atoms with E-state index in [1.807, 2.05) is 29.5 Å². The molecule has 0 fully saturated rings. The summed E-state index contributed by atoms with van der Waals surface area (Å²) in [6.45, 7) is 2.07. The first kappa shape index (κ1) is 11.2. The number of halogens is 3. The molecule has 0 aromatic carbocycles. The lowest BCUT2D eigenvalue weighted by atomic mass is 10.3. The monoisotopic (exact) mass is 241 g/mol. The minimum absolute atomic E-state index is 0.692. The largest absolute Gasteiger partial charge is 0.277 e. The molecule has 0 aliphatic carbocycles. The Hall–Kier alpha value is 0.0800. The fourth-order valence-corrected chi connectivity index (χ4v) is 1.83. The van der Waals surface area contributed by atoms with E-state index < -0.39 is 3.79 Å². The normalized spacial score (nSPS) is 12.2. The van der Waals surface area contributed by atoms with Crippen LogP contribution in [0.15, 0.2) is 6.07 Å². The van der Waals surface area contributed by atoms with Crippen LogP contribution < -0.4 is 4.68 Å². The average Bonchev–Trinajstić information content (AvgIpc) is 2.28. The molecule has 0 atom stereocenters. The van der Waals surface area contributed by atoms with Gasteiger partial charge in [-0.05, 0) is 6.42 Å². The second-order valence-corrected chi connectivity index (χ2v) is 5.20. The van der Waals surface area contributed by atoms with Gasteiger partial charge in [-0.25, -0.2) is 0 Å². The van der Waals surface area contributed by atoms with E-state index in [4.69, 9.17) is 34.8 Å². The van der Waals surface area contributed by atoms with Crippen LogP contribution in [-0.2, 0) is 24.3 Å². The fourth-order valence-electron chi connectivity index (χ4n) is 1.30. The van der Waals surface area contributed by atoms with Gasteiger partial charge in [0, 0.05) is 6.07 Å². The molecule has 1 aromatic heterocycles. The van der Waals surface area contributed by atoms with E-state index in [0.29, 0.717) is 5.69 Å². The number of aryl methyl sites for hydroxylation is 1. The van der Waals surface area contributed by atoms with Gasteiger partial charge in [0.2, 0.25) is 0 Å². The van der Waals surface area contributed by atoms with Crippen molar-refractivity contribution in [2.45, 2.75) is 17.1 Å². The van der Waals surface area contributed by atoms with Gasteiger partial charge in [-0.3, -0.25) is 0 Å². The van der Waals surface area contributed by atoms with Crippen LogP contribution in [0.4, 0.5) is 0 Å². The van der Waals surface area contributed by atoms with E-state index in [0.717, 1.165) is 12.1 Å². The van der Waals surface area contributed by atoms with Gasteiger partial charge in [-0.1, -0.05) is 41.7 Å². The zero-order chi connectivity index (χ0) is 10.2. The number of aromatic nitrogens is 2. The van der Waals surface area contributed by atoms with Gasteiger partial charge in [-0.2, -0.15) is 4.68 Å². The SMILES string of the molecule is CCc1cc(C(Cl)(Cl)Cl)[n+](C)n1C. The van der Waals surface area contributed by atoms with Gasteiger partial charge in [0.05, 0.1) is 12.7 Å². The first-order chi connectivity index (χ1) is 5.88. The summed E-state index contributed by atoms with van der Waals surface area (Å²) in [6, 6.07) is 1.91. The van der Waals surface area contributed by atoms with Crippen LogP contribution in [0, 0.1) is 0 Å². The molecular formula is C8H12Cl3N2+. The standard InChI is InChI=1S/C8H12Cl3N2/c1-4-6-5-7(8(9,10)11)13(3)12(6)2/h5H,4H2,1-3H3/q+1. The molecule has 1 aromatic rings. The minimum Gasteiger partial charge on any atom is -0.161 e. The Morgan fingerprint density at radius 1 is 1.46 bits per heavy atom. The van der Waals surface area contributed by atoms with Crippen molar-refractivity contribution in [1.29, 1.82) is 0 Å². The zero-order valence-electron chi connectivity index (χ0n) is 7.81. The van der Waals surface area contributed by atoms with Crippen LogP contribution >= 0.6 is 34.8 Å². The number of hydrogen-bond donors (Lipinski definition) is 0. The van der Waals surface area contributed by atoms with E-state index >= 15 is 0 Å². The topological polar surface area (TPSA) is 8.81 Å². The van der Waals surface area contributed by atoms with Crippen molar-refractivity contribution in [2.75, 3.05) is 0 Å². The van der Waals surface area contributed by atoms with E-state index in [9.17, 15) is 0 Å². The van der Waals surface area contributed by atoms with Crippen LogP contribution in [-0.4, -0.2) is 4.68 Å². The van der Waals surface area contributed by atoms with Gasteiger partial charge < -0.3 is 0 Å². The smallest absolute Gasteiger partial charge is 0.161 e. The van der Waals surface area contributed by atoms with Crippen molar-refractivity contribution in [2.24, 2.45) is 14.1 Å². The Morgan fingerprint density at radius 3 is 2.23 bits per heavy atom. The lowest BCUT2D eigenvalue weighted by Gasteiger charge is -2.03. The summed E-state index contributed by atoms with van der Waals surface area (Å²) in [7, 11) is 3.81. The van der Waals surface area contributed by atoms with E-state index in [1.165, 1.54) is 0 Å². The summed E-state index contributed by atoms with van der Waals surface area (Å²) >= 11 is 17.4. The molecule has 1 heterocycles. The summed E-state index contributed by atoms with van der Waals surface area (Å²) in [5, 5.41) is 0. The van der Waals surface area contributed by atoms with Crippen molar-refractivity contribution in [3.63, 3.8) is 0 Å². The molecule has 0 spiro atoms. The summed E-state index contributed by atoms with van der Waals surface area (Å²) in [6.07, 6.45) is 0.922. The Bertz CT molecular complexity index is 312. The van der Waals surface area contributed by atoms with Crippen molar-refractivity contribution < 1.29 is 4.68 Å². The highest BCUT2D eigenvalue weighted by Crippen LogP contribution is 2.36. The summed E-state index contributed by atoms with van der Waals surface area (Å²) in [5.74, 6) is 0. The van der Waals surface area contributed by atoms with Gasteiger partial charge in [0.15, 0.2) is 7.05 Å². The molecule has 2 nitrogen and oxygen atoms in total. The van der Waals surface area contributed by atoms with Gasteiger partial charge >= 0.3 is 0 Å². The van der Waals surface area contributed by atoms with Gasteiger partial charge in [-0.15, -0.1) is 4.68 Å². The second-order valence-electron chi connectivity index (χ2n) is 2.92. The highest BCUT2D eigenvalue weighted by Gasteiger charge is 2.35. The molecule has 13 heavy (non-hydrogen) atoms. The molecule has 0 radical (unpaired) electrons. The Morgan fingerprint density at radius 2 is 2.00 bits per heavy atom. The molecule has 0 unspecified atom stereocenters. The minimum atomic E-state index is -1.35. The fraction of sp³-hybridized carbons (Fsp3) is 0.625. The molecule has 0 aliphatic rings. The Kier molecular flexibility index (Phi) is 3.16. The number of nitrogens with zero attached hydrogens (tertiary/aromatic N) is 2. The molecule has 0 saturated heterocycles. The van der Waals surface area contributed by atoms with Crippen molar-refractivity contribution in [1.82, 2.24) is 4.68 Å². The molecule has 5 heteroatoms. The van der Waals surface area contributed by atoms with E-state index in [1.54, 1.807) is 0 Å². The average molecular weight is 243 g/mol. The predicted octanol–water partition coefficient (Wildman–Crippen LogP) is 2.24.